The number of nitrogens with two attached hydrogens (primary N) is 1. The first-order valence-electron chi connectivity index (χ1n) is 5.14. The highest BCUT2D eigenvalue weighted by atomic mass is 16.5. The molecule has 0 radical (unpaired) electrons. The summed E-state index contributed by atoms with van der Waals surface area (Å²) in [4.78, 5) is 0. The first kappa shape index (κ1) is 12.6. The molecule has 0 amide bonds. The summed E-state index contributed by atoms with van der Waals surface area (Å²) in [6.45, 7) is 2.01. The van der Waals surface area contributed by atoms with Crippen molar-refractivity contribution in [3.63, 3.8) is 0 Å². The Morgan fingerprint density at radius 3 is 2.62 bits per heavy atom. The van der Waals surface area contributed by atoms with Crippen LogP contribution in [0, 0.1) is 0 Å². The molecule has 0 aliphatic rings. The molecule has 0 aromatic heterocycles. The molecule has 90 valence electrons. The first-order chi connectivity index (χ1) is 7.60. The number of hydrogen-bond donors (Lipinski definition) is 4. The predicted octanol–water partition coefficient (Wildman–Crippen LogP) is 0.359. The Hall–Kier alpha value is -1.46. The zero-order chi connectivity index (χ0) is 12.1. The highest BCUT2D eigenvalue weighted by molar-refractivity contribution is 5.52. The lowest BCUT2D eigenvalue weighted by atomic mass is 10.1. The number of aromatic hydroxyl groups is 2. The van der Waals surface area contributed by atoms with Crippen LogP contribution in [0.3, 0.4) is 0 Å². The maximum absolute atomic E-state index is 9.58. The largest absolute Gasteiger partial charge is 0.504 e. The van der Waals surface area contributed by atoms with Gasteiger partial charge >= 0.3 is 0 Å². The fourth-order valence-electron chi connectivity index (χ4n) is 1.34. The van der Waals surface area contributed by atoms with Gasteiger partial charge in [-0.05, 0) is 18.6 Å². The number of rotatable bonds is 5. The summed E-state index contributed by atoms with van der Waals surface area (Å²) >= 11 is 0. The number of phenols is 2. The smallest absolute Gasteiger partial charge is 0.164 e. The Bertz CT molecular complexity index is 354. The van der Waals surface area contributed by atoms with E-state index in [4.69, 9.17) is 10.5 Å². The average molecular weight is 227 g/mol. The topological polar surface area (TPSA) is 95.9 Å². The van der Waals surface area contributed by atoms with Crippen molar-refractivity contribution < 1.29 is 20.1 Å². The Morgan fingerprint density at radius 1 is 1.38 bits per heavy atom. The normalized spacial score (nSPS) is 12.4. The number of phenolic OH excluding ortho intramolecular Hbond substituents is 2. The zero-order valence-electron chi connectivity index (χ0n) is 9.18. The molecule has 5 nitrogen and oxygen atoms in total. The van der Waals surface area contributed by atoms with Crippen LogP contribution in [0.15, 0.2) is 12.1 Å². The minimum atomic E-state index is -0.736. The maximum atomic E-state index is 9.58. The monoisotopic (exact) mass is 227 g/mol. The van der Waals surface area contributed by atoms with E-state index in [0.29, 0.717) is 17.7 Å². The molecule has 0 heterocycles. The summed E-state index contributed by atoms with van der Waals surface area (Å²) in [6, 6.07) is 2.90. The van der Waals surface area contributed by atoms with E-state index in [1.807, 2.05) is 6.92 Å². The molecule has 0 unspecified atom stereocenters. The van der Waals surface area contributed by atoms with Crippen LogP contribution in [0.1, 0.15) is 12.5 Å². The molecule has 1 atom stereocenters. The SMILES string of the molecule is CCc1c(OC[C@H](O)CN)ccc(O)c1O. The molecule has 5 N–H and O–H groups in total. The van der Waals surface area contributed by atoms with Crippen molar-refractivity contribution >= 4 is 0 Å². The van der Waals surface area contributed by atoms with Gasteiger partial charge in [0.25, 0.3) is 0 Å². The van der Waals surface area contributed by atoms with E-state index in [1.165, 1.54) is 6.07 Å². The molecule has 1 aromatic carbocycles. The van der Waals surface area contributed by atoms with E-state index in [-0.39, 0.29) is 24.7 Å². The number of aliphatic hydroxyl groups excluding tert-OH is 1. The lowest BCUT2D eigenvalue weighted by Crippen LogP contribution is -2.26. The van der Waals surface area contributed by atoms with Crippen molar-refractivity contribution in [2.24, 2.45) is 5.73 Å². The van der Waals surface area contributed by atoms with Crippen LogP contribution in [-0.4, -0.2) is 34.6 Å². The van der Waals surface area contributed by atoms with E-state index >= 15 is 0 Å². The van der Waals surface area contributed by atoms with Crippen molar-refractivity contribution in [1.29, 1.82) is 0 Å². The van der Waals surface area contributed by atoms with Crippen LogP contribution in [0.5, 0.6) is 17.2 Å². The third-order valence-corrected chi connectivity index (χ3v) is 2.28. The summed E-state index contributed by atoms with van der Waals surface area (Å²) in [5, 5.41) is 28.1. The van der Waals surface area contributed by atoms with Crippen LogP contribution >= 0.6 is 0 Å². The molecule has 5 heteroatoms. The molecular weight excluding hydrogens is 210 g/mol. The number of hydrogen-bond acceptors (Lipinski definition) is 5. The number of ether oxygens (including phenoxy) is 1. The van der Waals surface area contributed by atoms with E-state index < -0.39 is 6.10 Å². The molecule has 0 aliphatic heterocycles. The zero-order valence-corrected chi connectivity index (χ0v) is 9.18. The second kappa shape index (κ2) is 5.58. The van der Waals surface area contributed by atoms with Crippen LogP contribution in [0.2, 0.25) is 0 Å². The fourth-order valence-corrected chi connectivity index (χ4v) is 1.34. The summed E-state index contributed by atoms with van der Waals surface area (Å²) in [6.07, 6.45) is -0.213. The Morgan fingerprint density at radius 2 is 2.06 bits per heavy atom. The molecule has 1 rings (SSSR count). The van der Waals surface area contributed by atoms with Gasteiger partial charge in [-0.15, -0.1) is 0 Å². The lowest BCUT2D eigenvalue weighted by Gasteiger charge is -2.14. The highest BCUT2D eigenvalue weighted by Gasteiger charge is 2.12. The van der Waals surface area contributed by atoms with Gasteiger partial charge in [-0.3, -0.25) is 0 Å². The van der Waals surface area contributed by atoms with Crippen LogP contribution in [-0.2, 0) is 6.42 Å². The molecule has 0 aliphatic carbocycles. The van der Waals surface area contributed by atoms with Crippen molar-refractivity contribution in [3.8, 4) is 17.2 Å². The van der Waals surface area contributed by atoms with Crippen molar-refractivity contribution in [1.82, 2.24) is 0 Å². The van der Waals surface area contributed by atoms with E-state index in [2.05, 4.69) is 0 Å². The Labute approximate surface area is 94.1 Å². The molecule has 0 bridgehead atoms. The van der Waals surface area contributed by atoms with Crippen LogP contribution in [0.4, 0.5) is 0 Å². The van der Waals surface area contributed by atoms with Crippen molar-refractivity contribution in [2.45, 2.75) is 19.4 Å². The standard InChI is InChI=1S/C11H17NO4/c1-2-8-10(16-6-7(13)5-12)4-3-9(14)11(8)15/h3-4,7,13-15H,2,5-6,12H2,1H3/t7-/m1/s1. The minimum Gasteiger partial charge on any atom is -0.504 e. The summed E-state index contributed by atoms with van der Waals surface area (Å²) in [7, 11) is 0. The van der Waals surface area contributed by atoms with Gasteiger partial charge in [0, 0.05) is 12.1 Å². The molecule has 0 spiro atoms. The predicted molar refractivity (Wildman–Crippen MR) is 59.7 cm³/mol. The summed E-state index contributed by atoms with van der Waals surface area (Å²) < 4.78 is 5.32. The van der Waals surface area contributed by atoms with Gasteiger partial charge in [-0.25, -0.2) is 0 Å². The second-order valence-electron chi connectivity index (χ2n) is 3.46. The maximum Gasteiger partial charge on any atom is 0.164 e. The molecule has 1 aromatic rings. The van der Waals surface area contributed by atoms with E-state index in [9.17, 15) is 15.3 Å². The van der Waals surface area contributed by atoms with Gasteiger partial charge in [-0.2, -0.15) is 0 Å². The third kappa shape index (κ3) is 2.77. The van der Waals surface area contributed by atoms with Gasteiger partial charge in [-0.1, -0.05) is 6.92 Å². The van der Waals surface area contributed by atoms with Gasteiger partial charge in [0.1, 0.15) is 18.5 Å². The van der Waals surface area contributed by atoms with Crippen molar-refractivity contribution in [2.75, 3.05) is 13.2 Å². The molecule has 16 heavy (non-hydrogen) atoms. The summed E-state index contributed by atoms with van der Waals surface area (Å²) in [5.74, 6) is 0.0936. The number of aliphatic hydroxyl groups is 1. The number of benzene rings is 1. The first-order valence-corrected chi connectivity index (χ1v) is 5.14. The van der Waals surface area contributed by atoms with Gasteiger partial charge in [0.2, 0.25) is 0 Å². The highest BCUT2D eigenvalue weighted by Crippen LogP contribution is 2.35. The van der Waals surface area contributed by atoms with Crippen LogP contribution < -0.4 is 10.5 Å². The summed E-state index contributed by atoms with van der Waals surface area (Å²) in [5.41, 5.74) is 5.76. The fraction of sp³-hybridized carbons (Fsp3) is 0.455. The van der Waals surface area contributed by atoms with Gasteiger partial charge in [0.05, 0.1) is 0 Å². The quantitative estimate of drug-likeness (QED) is 0.545. The van der Waals surface area contributed by atoms with E-state index in [1.54, 1.807) is 6.07 Å². The van der Waals surface area contributed by atoms with Gasteiger partial charge in [0.15, 0.2) is 11.5 Å². The Kier molecular flexibility index (Phi) is 4.39. The van der Waals surface area contributed by atoms with E-state index in [0.717, 1.165) is 0 Å². The third-order valence-electron chi connectivity index (χ3n) is 2.28. The minimum absolute atomic E-state index is 0.0632. The molecule has 0 fully saturated rings. The molecular formula is C11H17NO4. The van der Waals surface area contributed by atoms with Crippen molar-refractivity contribution in [3.05, 3.63) is 17.7 Å². The lowest BCUT2D eigenvalue weighted by molar-refractivity contribution is 0.113. The van der Waals surface area contributed by atoms with Gasteiger partial charge < -0.3 is 25.8 Å². The second-order valence-corrected chi connectivity index (χ2v) is 3.46. The Balaban J connectivity index is 2.84. The average Bonchev–Trinajstić information content (AvgIpc) is 2.30. The van der Waals surface area contributed by atoms with Crippen LogP contribution in [0.25, 0.3) is 0 Å². The molecule has 0 saturated carbocycles. The molecule has 0 saturated heterocycles.